The van der Waals surface area contributed by atoms with Crippen LogP contribution in [-0.4, -0.2) is 39.8 Å². The van der Waals surface area contributed by atoms with Crippen molar-refractivity contribution in [3.8, 4) is 5.69 Å². The van der Waals surface area contributed by atoms with E-state index in [1.807, 2.05) is 4.90 Å². The summed E-state index contributed by atoms with van der Waals surface area (Å²) in [5.74, 6) is -2.28. The molecule has 3 aromatic rings. The SMILES string of the molecule is C[C@@]12C[C@H](N)[C@@H]1CN(c1nc3c(cc1F)c(=O)c(C(=O)O)cn3-c1ccc(F)cc1)C2. The van der Waals surface area contributed by atoms with Gasteiger partial charge in [-0.15, -0.1) is 0 Å². The van der Waals surface area contributed by atoms with Crippen LogP contribution in [0.1, 0.15) is 23.7 Å². The van der Waals surface area contributed by atoms with Gasteiger partial charge in [0.1, 0.15) is 11.4 Å². The van der Waals surface area contributed by atoms with E-state index in [2.05, 4.69) is 11.9 Å². The zero-order valence-electron chi connectivity index (χ0n) is 16.7. The number of aromatic carboxylic acids is 1. The fourth-order valence-corrected chi connectivity index (χ4v) is 5.01. The highest BCUT2D eigenvalue weighted by molar-refractivity contribution is 5.92. The number of nitrogens with zero attached hydrogens (tertiary/aromatic N) is 3. The monoisotopic (exact) mass is 426 g/mol. The van der Waals surface area contributed by atoms with Gasteiger partial charge in [-0.1, -0.05) is 6.92 Å². The quantitative estimate of drug-likeness (QED) is 0.668. The number of carbonyl (C=O) groups is 1. The Hall–Kier alpha value is -3.33. The molecule has 9 heteroatoms. The zero-order valence-corrected chi connectivity index (χ0v) is 16.7. The highest BCUT2D eigenvalue weighted by Crippen LogP contribution is 2.51. The lowest BCUT2D eigenvalue weighted by molar-refractivity contribution is 0.0695. The molecule has 1 aliphatic carbocycles. The summed E-state index contributed by atoms with van der Waals surface area (Å²) < 4.78 is 29.9. The highest BCUT2D eigenvalue weighted by Gasteiger charge is 2.55. The van der Waals surface area contributed by atoms with Crippen LogP contribution in [-0.2, 0) is 0 Å². The lowest BCUT2D eigenvalue weighted by Crippen LogP contribution is -2.53. The second-order valence-electron chi connectivity index (χ2n) is 8.70. The van der Waals surface area contributed by atoms with Gasteiger partial charge in [-0.2, -0.15) is 0 Å². The van der Waals surface area contributed by atoms with Crippen LogP contribution in [0.15, 0.2) is 41.3 Å². The first-order valence-corrected chi connectivity index (χ1v) is 9.93. The molecule has 3 heterocycles. The summed E-state index contributed by atoms with van der Waals surface area (Å²) in [4.78, 5) is 30.6. The number of halogens is 2. The van der Waals surface area contributed by atoms with Crippen LogP contribution in [0.2, 0.25) is 0 Å². The fraction of sp³-hybridized carbons (Fsp3) is 0.318. The molecule has 0 radical (unpaired) electrons. The molecule has 160 valence electrons. The maximum atomic E-state index is 15.1. The lowest BCUT2D eigenvalue weighted by Gasteiger charge is -2.46. The first kappa shape index (κ1) is 19.6. The third-order valence-electron chi connectivity index (χ3n) is 6.63. The number of carboxylic acid groups (broad SMARTS) is 1. The Balaban J connectivity index is 1.72. The first-order valence-electron chi connectivity index (χ1n) is 9.93. The minimum absolute atomic E-state index is 0.00766. The summed E-state index contributed by atoms with van der Waals surface area (Å²) in [6.45, 7) is 3.27. The number of hydrogen-bond acceptors (Lipinski definition) is 5. The Bertz CT molecular complexity index is 1290. The molecule has 31 heavy (non-hydrogen) atoms. The van der Waals surface area contributed by atoms with Crippen molar-refractivity contribution in [3.63, 3.8) is 0 Å². The van der Waals surface area contributed by atoms with Crippen LogP contribution in [0.25, 0.3) is 16.7 Å². The molecule has 3 N–H and O–H groups in total. The minimum atomic E-state index is -1.44. The molecule has 2 aromatic heterocycles. The number of benzene rings is 1. The van der Waals surface area contributed by atoms with Crippen LogP contribution in [0.4, 0.5) is 14.6 Å². The highest BCUT2D eigenvalue weighted by atomic mass is 19.1. The number of fused-ring (bicyclic) bond motifs is 2. The zero-order chi connectivity index (χ0) is 22.1. The van der Waals surface area contributed by atoms with E-state index in [1.54, 1.807) is 0 Å². The summed E-state index contributed by atoms with van der Waals surface area (Å²) in [6, 6.07) is 6.40. The normalized spacial score (nSPS) is 24.8. The molecule has 3 atom stereocenters. The topological polar surface area (TPSA) is 101 Å². The van der Waals surface area contributed by atoms with E-state index < -0.39 is 28.6 Å². The second-order valence-corrected chi connectivity index (χ2v) is 8.70. The van der Waals surface area contributed by atoms with Crippen molar-refractivity contribution in [2.45, 2.75) is 19.4 Å². The van der Waals surface area contributed by atoms with Crippen molar-refractivity contribution >= 4 is 22.8 Å². The number of nitrogens with two attached hydrogens (primary N) is 1. The van der Waals surface area contributed by atoms with Gasteiger partial charge >= 0.3 is 5.97 Å². The van der Waals surface area contributed by atoms with Gasteiger partial charge in [-0.05, 0) is 48.1 Å². The van der Waals surface area contributed by atoms with Gasteiger partial charge in [-0.25, -0.2) is 18.6 Å². The Kier molecular flexibility index (Phi) is 4.17. The van der Waals surface area contributed by atoms with Crippen molar-refractivity contribution in [1.29, 1.82) is 0 Å². The van der Waals surface area contributed by atoms with Crippen molar-refractivity contribution in [2.24, 2.45) is 17.1 Å². The molecule has 1 aromatic carbocycles. The maximum Gasteiger partial charge on any atom is 0.341 e. The molecule has 1 saturated heterocycles. The predicted molar refractivity (Wildman–Crippen MR) is 111 cm³/mol. The first-order chi connectivity index (χ1) is 14.7. The summed E-state index contributed by atoms with van der Waals surface area (Å²) in [5.41, 5.74) is 5.27. The largest absolute Gasteiger partial charge is 0.477 e. The molecule has 1 saturated carbocycles. The number of rotatable bonds is 3. The van der Waals surface area contributed by atoms with Crippen LogP contribution >= 0.6 is 0 Å². The van der Waals surface area contributed by atoms with Crippen LogP contribution in [0.5, 0.6) is 0 Å². The van der Waals surface area contributed by atoms with E-state index in [4.69, 9.17) is 5.73 Å². The van der Waals surface area contributed by atoms with E-state index >= 15 is 4.39 Å². The Morgan fingerprint density at radius 1 is 1.29 bits per heavy atom. The Morgan fingerprint density at radius 2 is 2.00 bits per heavy atom. The number of aromatic nitrogens is 2. The summed E-state index contributed by atoms with van der Waals surface area (Å²) in [5, 5.41) is 9.29. The van der Waals surface area contributed by atoms with Gasteiger partial charge in [0, 0.05) is 31.0 Å². The molecule has 0 bridgehead atoms. The molecule has 1 aliphatic heterocycles. The molecular formula is C22H20F2N4O3. The number of anilines is 1. The number of hydrogen-bond donors (Lipinski definition) is 2. The van der Waals surface area contributed by atoms with Gasteiger partial charge in [-0.3, -0.25) is 4.79 Å². The average molecular weight is 426 g/mol. The van der Waals surface area contributed by atoms with Crippen LogP contribution in [0.3, 0.4) is 0 Å². The molecule has 0 spiro atoms. The minimum Gasteiger partial charge on any atom is -0.477 e. The van der Waals surface area contributed by atoms with Gasteiger partial charge in [0.2, 0.25) is 5.43 Å². The lowest BCUT2D eigenvalue weighted by atomic mass is 9.60. The van der Waals surface area contributed by atoms with E-state index in [9.17, 15) is 19.1 Å². The molecule has 0 unspecified atom stereocenters. The standard InChI is InChI=1S/C22H20F2N4O3/c1-22-7-17(25)15(22)9-27(10-22)20-16(24)6-13-18(29)14(21(30)31)8-28(19(13)26-20)12-4-2-11(23)3-5-12/h2-6,8,15,17H,7,9-10,25H2,1H3,(H,30,31)/t15-,17-,22-/m0/s1. The summed E-state index contributed by atoms with van der Waals surface area (Å²) in [6.07, 6.45) is 1.99. The predicted octanol–water partition coefficient (Wildman–Crippen LogP) is 2.54. The second kappa shape index (κ2) is 6.58. The van der Waals surface area contributed by atoms with Gasteiger partial charge in [0.15, 0.2) is 17.3 Å². The van der Waals surface area contributed by atoms with Crippen molar-refractivity contribution in [3.05, 3.63) is 63.9 Å². The van der Waals surface area contributed by atoms with E-state index in [0.29, 0.717) is 18.8 Å². The molecule has 2 fully saturated rings. The molecule has 5 rings (SSSR count). The fourth-order valence-electron chi connectivity index (χ4n) is 5.01. The smallest absolute Gasteiger partial charge is 0.341 e. The molecular weight excluding hydrogens is 406 g/mol. The third-order valence-corrected chi connectivity index (χ3v) is 6.63. The van der Waals surface area contributed by atoms with Crippen molar-refractivity contribution in [2.75, 3.05) is 18.0 Å². The van der Waals surface area contributed by atoms with Gasteiger partial charge in [0.25, 0.3) is 0 Å². The van der Waals surface area contributed by atoms with Crippen molar-refractivity contribution < 1.29 is 18.7 Å². The van der Waals surface area contributed by atoms with Crippen LogP contribution < -0.4 is 16.1 Å². The summed E-state index contributed by atoms with van der Waals surface area (Å²) in [7, 11) is 0. The average Bonchev–Trinajstić information content (AvgIpc) is 2.99. The molecule has 2 aliphatic rings. The van der Waals surface area contributed by atoms with E-state index in [1.165, 1.54) is 28.8 Å². The summed E-state index contributed by atoms with van der Waals surface area (Å²) >= 11 is 0. The Morgan fingerprint density at radius 3 is 2.61 bits per heavy atom. The number of pyridine rings is 2. The molecule has 7 nitrogen and oxygen atoms in total. The van der Waals surface area contributed by atoms with Gasteiger partial charge < -0.3 is 20.3 Å². The van der Waals surface area contributed by atoms with Crippen LogP contribution in [0, 0.1) is 23.0 Å². The number of carboxylic acids is 1. The van der Waals surface area contributed by atoms with Gasteiger partial charge in [0.05, 0.1) is 5.39 Å². The third kappa shape index (κ3) is 2.91. The Labute approximate surface area is 175 Å². The van der Waals surface area contributed by atoms with E-state index in [0.717, 1.165) is 18.7 Å². The van der Waals surface area contributed by atoms with Crippen molar-refractivity contribution in [1.82, 2.24) is 9.55 Å². The van der Waals surface area contributed by atoms with E-state index in [-0.39, 0.29) is 34.2 Å². The molecule has 0 amide bonds. The maximum absolute atomic E-state index is 15.1.